The molecule has 37 heavy (non-hydrogen) atoms. The number of anilines is 1. The standard InChI is InChI=1S/C29H27NO7/c1-16-13-17(2)28(35-4)21(14-16)26(31)24-25(18-5-8-20(34-3)9-6-18)30(29(33)27(24)32)19-7-10-22-23(15-19)37-12-11-36-22/h5-10,13-15,25,31H,11-12H2,1-4H3/b26-24+. The first-order valence-electron chi connectivity index (χ1n) is 11.8. The van der Waals surface area contributed by atoms with E-state index >= 15 is 0 Å². The molecule has 0 spiro atoms. The van der Waals surface area contributed by atoms with E-state index in [1.54, 1.807) is 55.6 Å². The van der Waals surface area contributed by atoms with Gasteiger partial charge >= 0.3 is 0 Å². The highest BCUT2D eigenvalue weighted by atomic mass is 16.6. The second kappa shape index (κ2) is 9.54. The van der Waals surface area contributed by atoms with Crippen LogP contribution in [0.5, 0.6) is 23.0 Å². The van der Waals surface area contributed by atoms with Crippen molar-refractivity contribution in [1.29, 1.82) is 0 Å². The molecule has 2 heterocycles. The van der Waals surface area contributed by atoms with Crippen LogP contribution in [0.4, 0.5) is 5.69 Å². The van der Waals surface area contributed by atoms with Gasteiger partial charge in [-0.1, -0.05) is 18.2 Å². The van der Waals surface area contributed by atoms with Crippen molar-refractivity contribution < 1.29 is 33.6 Å². The second-order valence-corrected chi connectivity index (χ2v) is 8.93. The number of carbonyl (C=O) groups is 2. The number of hydrogen-bond donors (Lipinski definition) is 1. The van der Waals surface area contributed by atoms with Gasteiger partial charge in [-0.25, -0.2) is 0 Å². The van der Waals surface area contributed by atoms with Crippen LogP contribution in [0.1, 0.15) is 28.3 Å². The van der Waals surface area contributed by atoms with Gasteiger partial charge in [-0.05, 0) is 60.9 Å². The van der Waals surface area contributed by atoms with Gasteiger partial charge in [-0.2, -0.15) is 0 Å². The lowest BCUT2D eigenvalue weighted by Crippen LogP contribution is -2.29. The Bertz CT molecular complexity index is 1420. The predicted molar refractivity (Wildman–Crippen MR) is 138 cm³/mol. The average Bonchev–Trinajstić information content (AvgIpc) is 3.17. The highest BCUT2D eigenvalue weighted by Crippen LogP contribution is 2.46. The molecule has 190 valence electrons. The van der Waals surface area contributed by atoms with Crippen molar-refractivity contribution in [3.05, 3.63) is 82.4 Å². The number of aryl methyl sites for hydroxylation is 2. The maximum Gasteiger partial charge on any atom is 0.300 e. The number of ether oxygens (including phenoxy) is 4. The first-order valence-corrected chi connectivity index (χ1v) is 11.8. The van der Waals surface area contributed by atoms with Crippen molar-refractivity contribution in [3.63, 3.8) is 0 Å². The summed E-state index contributed by atoms with van der Waals surface area (Å²) in [6.07, 6.45) is 0. The molecule has 1 fully saturated rings. The van der Waals surface area contributed by atoms with Crippen LogP contribution in [-0.4, -0.2) is 44.2 Å². The monoisotopic (exact) mass is 501 g/mol. The molecular formula is C29H27NO7. The maximum absolute atomic E-state index is 13.5. The summed E-state index contributed by atoms with van der Waals surface area (Å²) in [6, 6.07) is 14.9. The Balaban J connectivity index is 1.73. The minimum absolute atomic E-state index is 0.0339. The second-order valence-electron chi connectivity index (χ2n) is 8.93. The zero-order chi connectivity index (χ0) is 26.3. The van der Waals surface area contributed by atoms with Crippen molar-refractivity contribution in [2.45, 2.75) is 19.9 Å². The van der Waals surface area contributed by atoms with E-state index in [1.807, 2.05) is 19.9 Å². The maximum atomic E-state index is 13.5. The van der Waals surface area contributed by atoms with E-state index < -0.39 is 17.7 Å². The number of carbonyl (C=O) groups excluding carboxylic acids is 2. The molecule has 0 saturated carbocycles. The molecule has 3 aromatic carbocycles. The number of Topliss-reactive ketones (excluding diaryl/α,β-unsaturated/α-hetero) is 1. The van der Waals surface area contributed by atoms with Crippen LogP contribution in [-0.2, 0) is 9.59 Å². The molecule has 0 aliphatic carbocycles. The Morgan fingerprint density at radius 1 is 0.919 bits per heavy atom. The van der Waals surface area contributed by atoms with Gasteiger partial charge in [0.05, 0.1) is 31.4 Å². The summed E-state index contributed by atoms with van der Waals surface area (Å²) in [6.45, 7) is 4.55. The third kappa shape index (κ3) is 4.14. The third-order valence-electron chi connectivity index (χ3n) is 6.56. The van der Waals surface area contributed by atoms with Gasteiger partial charge in [0.1, 0.15) is 30.5 Å². The van der Waals surface area contributed by atoms with Crippen LogP contribution in [0.2, 0.25) is 0 Å². The Hall–Kier alpha value is -4.46. The number of hydrogen-bond acceptors (Lipinski definition) is 7. The first kappa shape index (κ1) is 24.2. The number of rotatable bonds is 5. The zero-order valence-electron chi connectivity index (χ0n) is 21.0. The molecular weight excluding hydrogens is 474 g/mol. The minimum atomic E-state index is -0.904. The molecule has 1 N–H and O–H groups in total. The molecule has 5 rings (SSSR count). The van der Waals surface area contributed by atoms with E-state index in [0.29, 0.717) is 53.0 Å². The van der Waals surface area contributed by atoms with E-state index in [-0.39, 0.29) is 11.3 Å². The van der Waals surface area contributed by atoms with Gasteiger partial charge in [0, 0.05) is 11.8 Å². The van der Waals surface area contributed by atoms with Crippen LogP contribution in [0, 0.1) is 13.8 Å². The Morgan fingerprint density at radius 3 is 2.30 bits per heavy atom. The van der Waals surface area contributed by atoms with Crippen LogP contribution < -0.4 is 23.8 Å². The molecule has 0 bridgehead atoms. The van der Waals surface area contributed by atoms with E-state index in [0.717, 1.165) is 11.1 Å². The molecule has 1 unspecified atom stereocenters. The lowest BCUT2D eigenvalue weighted by atomic mass is 9.93. The van der Waals surface area contributed by atoms with Crippen molar-refractivity contribution >= 4 is 23.1 Å². The molecule has 1 amide bonds. The summed E-state index contributed by atoms with van der Waals surface area (Å²) in [7, 11) is 3.06. The number of methoxy groups -OCH3 is 2. The average molecular weight is 502 g/mol. The quantitative estimate of drug-likeness (QED) is 0.307. The summed E-state index contributed by atoms with van der Waals surface area (Å²) in [5, 5.41) is 11.6. The molecule has 1 atom stereocenters. The topological polar surface area (TPSA) is 94.5 Å². The van der Waals surface area contributed by atoms with E-state index in [4.69, 9.17) is 18.9 Å². The van der Waals surface area contributed by atoms with Gasteiger partial charge < -0.3 is 24.1 Å². The van der Waals surface area contributed by atoms with Crippen molar-refractivity contribution in [3.8, 4) is 23.0 Å². The molecule has 8 heteroatoms. The van der Waals surface area contributed by atoms with Crippen LogP contribution in [0.15, 0.2) is 60.2 Å². The Labute approximate surface area is 214 Å². The number of aliphatic hydroxyl groups is 1. The first-order chi connectivity index (χ1) is 17.8. The molecule has 2 aliphatic rings. The molecule has 1 saturated heterocycles. The number of fused-ring (bicyclic) bond motifs is 1. The Kier molecular flexibility index (Phi) is 6.25. The van der Waals surface area contributed by atoms with Gasteiger partial charge in [0.25, 0.3) is 11.7 Å². The van der Waals surface area contributed by atoms with Crippen molar-refractivity contribution in [2.75, 3.05) is 32.3 Å². The highest BCUT2D eigenvalue weighted by Gasteiger charge is 2.47. The largest absolute Gasteiger partial charge is 0.507 e. The zero-order valence-corrected chi connectivity index (χ0v) is 21.0. The number of nitrogens with zero attached hydrogens (tertiary/aromatic N) is 1. The van der Waals surface area contributed by atoms with Crippen LogP contribution >= 0.6 is 0 Å². The summed E-state index contributed by atoms with van der Waals surface area (Å²) < 4.78 is 22.2. The molecule has 0 radical (unpaired) electrons. The summed E-state index contributed by atoms with van der Waals surface area (Å²) in [5.74, 6) is 0.237. The summed E-state index contributed by atoms with van der Waals surface area (Å²) in [4.78, 5) is 28.4. The van der Waals surface area contributed by atoms with Crippen molar-refractivity contribution in [1.82, 2.24) is 0 Å². The van der Waals surface area contributed by atoms with Crippen LogP contribution in [0.3, 0.4) is 0 Å². The molecule has 2 aliphatic heterocycles. The fraction of sp³-hybridized carbons (Fsp3) is 0.241. The SMILES string of the molecule is COc1ccc(C2/C(=C(\O)c3cc(C)cc(C)c3OC)C(=O)C(=O)N2c2ccc3c(c2)OCCO3)cc1. The number of amides is 1. The van der Waals surface area contributed by atoms with Gasteiger partial charge in [0.2, 0.25) is 0 Å². The van der Waals surface area contributed by atoms with Gasteiger partial charge in [-0.3, -0.25) is 14.5 Å². The van der Waals surface area contributed by atoms with Gasteiger partial charge in [-0.15, -0.1) is 0 Å². The number of ketones is 1. The fourth-order valence-electron chi connectivity index (χ4n) is 4.93. The highest BCUT2D eigenvalue weighted by molar-refractivity contribution is 6.51. The van der Waals surface area contributed by atoms with Crippen LogP contribution in [0.25, 0.3) is 5.76 Å². The summed E-state index contributed by atoms with van der Waals surface area (Å²) in [5.41, 5.74) is 3.05. The van der Waals surface area contributed by atoms with Gasteiger partial charge in [0.15, 0.2) is 11.5 Å². The number of benzene rings is 3. The molecule has 8 nitrogen and oxygen atoms in total. The molecule has 0 aromatic heterocycles. The fourth-order valence-corrected chi connectivity index (χ4v) is 4.93. The lowest BCUT2D eigenvalue weighted by Gasteiger charge is -2.27. The van der Waals surface area contributed by atoms with E-state index in [9.17, 15) is 14.7 Å². The van der Waals surface area contributed by atoms with Crippen molar-refractivity contribution in [2.24, 2.45) is 0 Å². The predicted octanol–water partition coefficient (Wildman–Crippen LogP) is 4.72. The Morgan fingerprint density at radius 2 is 1.62 bits per heavy atom. The number of aliphatic hydroxyl groups excluding tert-OH is 1. The summed E-state index contributed by atoms with van der Waals surface area (Å²) >= 11 is 0. The van der Waals surface area contributed by atoms with E-state index in [2.05, 4.69) is 0 Å². The third-order valence-corrected chi connectivity index (χ3v) is 6.56. The molecule has 3 aromatic rings. The van der Waals surface area contributed by atoms with E-state index in [1.165, 1.54) is 12.0 Å². The smallest absolute Gasteiger partial charge is 0.300 e. The normalized spacial score (nSPS) is 18.2. The lowest BCUT2D eigenvalue weighted by molar-refractivity contribution is -0.132. The minimum Gasteiger partial charge on any atom is -0.507 e.